The van der Waals surface area contributed by atoms with Crippen molar-refractivity contribution in [3.8, 4) is 0 Å². The van der Waals surface area contributed by atoms with E-state index < -0.39 is 0 Å². The zero-order chi connectivity index (χ0) is 12.5. The number of piperidine rings is 1. The molecule has 94 valence electrons. The van der Waals surface area contributed by atoms with Gasteiger partial charge in [0, 0.05) is 34.3 Å². The summed E-state index contributed by atoms with van der Waals surface area (Å²) >= 11 is 8.53. The van der Waals surface area contributed by atoms with Crippen LogP contribution in [-0.4, -0.2) is 27.0 Å². The van der Waals surface area contributed by atoms with E-state index in [1.54, 1.807) is 6.20 Å². The van der Waals surface area contributed by atoms with Gasteiger partial charge < -0.3 is 4.90 Å². The van der Waals surface area contributed by atoms with Gasteiger partial charge >= 0.3 is 0 Å². The fourth-order valence-corrected chi connectivity index (χ4v) is 3.50. The van der Waals surface area contributed by atoms with Crippen LogP contribution in [-0.2, 0) is 0 Å². The van der Waals surface area contributed by atoms with Gasteiger partial charge in [-0.15, -0.1) is 0 Å². The van der Waals surface area contributed by atoms with Gasteiger partial charge in [0.25, 0.3) is 0 Å². The first-order valence-electron chi connectivity index (χ1n) is 6.03. The molecule has 1 fully saturated rings. The molecular formula is C13H13ClIN3. The first kappa shape index (κ1) is 12.4. The van der Waals surface area contributed by atoms with Gasteiger partial charge in [-0.05, 0) is 25.0 Å². The highest BCUT2D eigenvalue weighted by atomic mass is 127. The number of hydrogen-bond donors (Lipinski definition) is 0. The van der Waals surface area contributed by atoms with Gasteiger partial charge in [-0.3, -0.25) is 4.98 Å². The number of nitrogens with zero attached hydrogens (tertiary/aromatic N) is 3. The maximum atomic E-state index is 6.00. The Morgan fingerprint density at radius 1 is 1.39 bits per heavy atom. The Kier molecular flexibility index (Phi) is 3.56. The van der Waals surface area contributed by atoms with Crippen LogP contribution in [0.4, 0.5) is 5.69 Å². The topological polar surface area (TPSA) is 29.0 Å². The first-order valence-corrected chi connectivity index (χ1v) is 7.66. The van der Waals surface area contributed by atoms with E-state index >= 15 is 0 Å². The molecule has 5 heteroatoms. The predicted molar refractivity (Wildman–Crippen MR) is 83.8 cm³/mol. The van der Waals surface area contributed by atoms with Gasteiger partial charge in [-0.2, -0.15) is 0 Å². The molecule has 0 amide bonds. The third-order valence-electron chi connectivity index (χ3n) is 3.28. The minimum Gasteiger partial charge on any atom is -0.370 e. The van der Waals surface area contributed by atoms with E-state index in [4.69, 9.17) is 11.6 Å². The van der Waals surface area contributed by atoms with Crippen molar-refractivity contribution in [3.05, 3.63) is 29.7 Å². The fourth-order valence-electron chi connectivity index (χ4n) is 2.43. The monoisotopic (exact) mass is 373 g/mol. The second kappa shape index (κ2) is 5.17. The molecule has 0 aromatic carbocycles. The number of pyridine rings is 2. The van der Waals surface area contributed by atoms with Crippen molar-refractivity contribution in [3.63, 3.8) is 0 Å². The summed E-state index contributed by atoms with van der Waals surface area (Å²) in [6.07, 6.45) is 6.15. The number of aromatic nitrogens is 2. The summed E-state index contributed by atoms with van der Waals surface area (Å²) in [5.41, 5.74) is 2.14. The molecule has 0 spiro atoms. The van der Waals surface area contributed by atoms with Crippen molar-refractivity contribution in [2.45, 2.75) is 16.8 Å². The molecule has 1 saturated heterocycles. The highest BCUT2D eigenvalue weighted by molar-refractivity contribution is 14.1. The third kappa shape index (κ3) is 2.40. The second-order valence-corrected chi connectivity index (χ2v) is 6.69. The fraction of sp³-hybridized carbons (Fsp3) is 0.385. The largest absolute Gasteiger partial charge is 0.370 e. The van der Waals surface area contributed by atoms with Gasteiger partial charge in [0.15, 0.2) is 0 Å². The van der Waals surface area contributed by atoms with E-state index in [1.807, 2.05) is 12.3 Å². The highest BCUT2D eigenvalue weighted by Crippen LogP contribution is 2.30. The summed E-state index contributed by atoms with van der Waals surface area (Å²) in [6, 6.07) is 3.99. The van der Waals surface area contributed by atoms with Gasteiger partial charge in [0.05, 0.1) is 11.7 Å². The molecule has 0 radical (unpaired) electrons. The maximum Gasteiger partial charge on any atom is 0.129 e. The maximum absolute atomic E-state index is 6.00. The Bertz CT molecular complexity index is 575. The van der Waals surface area contributed by atoms with E-state index in [2.05, 4.69) is 43.5 Å². The first-order chi connectivity index (χ1) is 8.74. The quantitative estimate of drug-likeness (QED) is 0.434. The standard InChI is InChI=1S/C13H13ClIN3/c14-13-6-10-11(7-17-13)16-4-3-12(10)18-5-1-2-9(15)8-18/h3-4,6-7,9H,1-2,5,8H2. The summed E-state index contributed by atoms with van der Waals surface area (Å²) in [5, 5.41) is 1.63. The summed E-state index contributed by atoms with van der Waals surface area (Å²) in [4.78, 5) is 10.9. The van der Waals surface area contributed by atoms with Crippen LogP contribution in [0.2, 0.25) is 5.15 Å². The van der Waals surface area contributed by atoms with Crippen molar-refractivity contribution >= 4 is 50.8 Å². The Balaban J connectivity index is 2.07. The van der Waals surface area contributed by atoms with Crippen molar-refractivity contribution in [2.75, 3.05) is 18.0 Å². The van der Waals surface area contributed by atoms with Crippen LogP contribution in [0, 0.1) is 0 Å². The lowest BCUT2D eigenvalue weighted by molar-refractivity contribution is 0.604. The van der Waals surface area contributed by atoms with E-state index in [1.165, 1.54) is 18.5 Å². The van der Waals surface area contributed by atoms with E-state index in [9.17, 15) is 0 Å². The smallest absolute Gasteiger partial charge is 0.129 e. The summed E-state index contributed by atoms with van der Waals surface area (Å²) in [5.74, 6) is 0. The molecule has 1 atom stereocenters. The van der Waals surface area contributed by atoms with Crippen molar-refractivity contribution in [1.29, 1.82) is 0 Å². The van der Waals surface area contributed by atoms with E-state index in [0.29, 0.717) is 5.15 Å². The molecule has 2 aromatic heterocycles. The van der Waals surface area contributed by atoms with Crippen LogP contribution in [0.3, 0.4) is 0 Å². The van der Waals surface area contributed by atoms with E-state index in [-0.39, 0.29) is 0 Å². The molecule has 1 unspecified atom stereocenters. The molecule has 0 N–H and O–H groups in total. The molecule has 2 aromatic rings. The highest BCUT2D eigenvalue weighted by Gasteiger charge is 2.19. The van der Waals surface area contributed by atoms with Crippen molar-refractivity contribution < 1.29 is 0 Å². The lowest BCUT2D eigenvalue weighted by Gasteiger charge is -2.32. The van der Waals surface area contributed by atoms with Crippen molar-refractivity contribution in [2.24, 2.45) is 0 Å². The average molecular weight is 374 g/mol. The lowest BCUT2D eigenvalue weighted by Crippen LogP contribution is -2.35. The molecule has 3 nitrogen and oxygen atoms in total. The van der Waals surface area contributed by atoms with Gasteiger partial charge in [0.1, 0.15) is 5.15 Å². The zero-order valence-corrected chi connectivity index (χ0v) is 12.7. The Hall–Kier alpha value is -0.620. The summed E-state index contributed by atoms with van der Waals surface area (Å²) < 4.78 is 0.719. The average Bonchev–Trinajstić information content (AvgIpc) is 2.38. The Morgan fingerprint density at radius 3 is 3.11 bits per heavy atom. The summed E-state index contributed by atoms with van der Waals surface area (Å²) in [6.45, 7) is 2.21. The van der Waals surface area contributed by atoms with Crippen molar-refractivity contribution in [1.82, 2.24) is 9.97 Å². The molecular weight excluding hydrogens is 361 g/mol. The van der Waals surface area contributed by atoms with Crippen LogP contribution < -0.4 is 4.90 Å². The Labute approximate surface area is 125 Å². The number of fused-ring (bicyclic) bond motifs is 1. The zero-order valence-electron chi connectivity index (χ0n) is 9.81. The summed E-state index contributed by atoms with van der Waals surface area (Å²) in [7, 11) is 0. The number of halogens is 2. The van der Waals surface area contributed by atoms with Crippen LogP contribution in [0.5, 0.6) is 0 Å². The third-order valence-corrected chi connectivity index (χ3v) is 4.50. The second-order valence-electron chi connectivity index (χ2n) is 4.54. The van der Waals surface area contributed by atoms with Gasteiger partial charge in [0.2, 0.25) is 0 Å². The van der Waals surface area contributed by atoms with Crippen LogP contribution in [0.25, 0.3) is 10.9 Å². The molecule has 0 aliphatic carbocycles. The molecule has 3 rings (SSSR count). The number of hydrogen-bond acceptors (Lipinski definition) is 3. The minimum absolute atomic E-state index is 0.528. The minimum atomic E-state index is 0.528. The van der Waals surface area contributed by atoms with Crippen LogP contribution in [0.1, 0.15) is 12.8 Å². The molecule has 0 saturated carbocycles. The number of anilines is 1. The normalized spacial score (nSPS) is 20.3. The van der Waals surface area contributed by atoms with Crippen LogP contribution in [0.15, 0.2) is 24.5 Å². The van der Waals surface area contributed by atoms with Gasteiger partial charge in [-0.25, -0.2) is 4.98 Å². The van der Waals surface area contributed by atoms with Crippen LogP contribution >= 0.6 is 34.2 Å². The lowest BCUT2D eigenvalue weighted by atomic mass is 10.1. The molecule has 0 bridgehead atoms. The van der Waals surface area contributed by atoms with Gasteiger partial charge in [-0.1, -0.05) is 34.2 Å². The number of rotatable bonds is 1. The molecule has 18 heavy (non-hydrogen) atoms. The molecule has 3 heterocycles. The Morgan fingerprint density at radius 2 is 2.28 bits per heavy atom. The van der Waals surface area contributed by atoms with E-state index in [0.717, 1.165) is 27.9 Å². The number of alkyl halides is 1. The molecule has 1 aliphatic rings. The predicted octanol–water partition coefficient (Wildman–Crippen LogP) is 3.69. The SMILES string of the molecule is Clc1cc2c(N3CCCC(I)C3)ccnc2cn1. The molecule has 1 aliphatic heterocycles.